The highest BCUT2D eigenvalue weighted by Gasteiger charge is 2.38. The van der Waals surface area contributed by atoms with Crippen molar-refractivity contribution in [2.45, 2.75) is 19.3 Å². The lowest BCUT2D eigenvalue weighted by molar-refractivity contribution is 0.647. The van der Waals surface area contributed by atoms with Crippen LogP contribution in [0.3, 0.4) is 0 Å². The third-order valence-electron chi connectivity index (χ3n) is 11.0. The molecule has 4 nitrogen and oxygen atoms in total. The lowest BCUT2D eigenvalue weighted by Crippen LogP contribution is -2.14. The molecule has 11 rings (SSSR count). The van der Waals surface area contributed by atoms with Crippen LogP contribution in [-0.2, 0) is 5.41 Å². The minimum atomic E-state index is -0.171. The van der Waals surface area contributed by atoms with Crippen LogP contribution < -0.4 is 0 Å². The van der Waals surface area contributed by atoms with Crippen LogP contribution in [0, 0.1) is 0 Å². The molecule has 4 heteroatoms. The zero-order valence-electron chi connectivity index (χ0n) is 28.2. The quantitative estimate of drug-likeness (QED) is 0.191. The number of hydrogen-bond acceptors (Lipinski definition) is 3. The molecule has 240 valence electrons. The van der Waals surface area contributed by atoms with Gasteiger partial charge in [0, 0.05) is 49.2 Å². The molecule has 1 aliphatic carbocycles. The second-order valence-electron chi connectivity index (χ2n) is 14.2. The molecule has 1 aliphatic rings. The molecule has 3 heterocycles. The lowest BCUT2D eigenvalue weighted by atomic mass is 9.82. The van der Waals surface area contributed by atoms with Gasteiger partial charge in [-0.05, 0) is 82.9 Å². The van der Waals surface area contributed by atoms with Crippen molar-refractivity contribution in [3.05, 3.63) is 163 Å². The predicted octanol–water partition coefficient (Wildman–Crippen LogP) is 12.3. The van der Waals surface area contributed by atoms with E-state index in [0.29, 0.717) is 0 Å². The molecule has 0 fully saturated rings. The summed E-state index contributed by atoms with van der Waals surface area (Å²) >= 11 is 0. The Morgan fingerprint density at radius 2 is 1.25 bits per heavy atom. The maximum Gasteiger partial charge on any atom is 0.160 e. The van der Waals surface area contributed by atoms with Gasteiger partial charge in [0.25, 0.3) is 0 Å². The first-order chi connectivity index (χ1) is 25.0. The molecule has 0 saturated heterocycles. The fraction of sp³-hybridized carbons (Fsp3) is 0.0638. The number of fused-ring (bicyclic) bond motifs is 11. The van der Waals surface area contributed by atoms with Gasteiger partial charge in [-0.3, -0.25) is 0 Å². The Labute approximate surface area is 294 Å². The van der Waals surface area contributed by atoms with Gasteiger partial charge in [-0.25, -0.2) is 9.97 Å². The van der Waals surface area contributed by atoms with Crippen LogP contribution in [0.1, 0.15) is 25.0 Å². The van der Waals surface area contributed by atoms with E-state index in [0.717, 1.165) is 61.2 Å². The fourth-order valence-corrected chi connectivity index (χ4v) is 8.56. The second-order valence-corrected chi connectivity index (χ2v) is 14.2. The lowest BCUT2D eigenvalue weighted by Gasteiger charge is -2.21. The highest BCUT2D eigenvalue weighted by molar-refractivity contribution is 6.19. The Morgan fingerprint density at radius 3 is 2.10 bits per heavy atom. The summed E-state index contributed by atoms with van der Waals surface area (Å²) in [5.74, 6) is 0.719. The van der Waals surface area contributed by atoms with Crippen molar-refractivity contribution in [2.75, 3.05) is 0 Å². The molecule has 0 amide bonds. The predicted molar refractivity (Wildman–Crippen MR) is 210 cm³/mol. The number of hydrogen-bond donors (Lipinski definition) is 0. The van der Waals surface area contributed by atoms with E-state index in [1.165, 1.54) is 44.1 Å². The van der Waals surface area contributed by atoms with Crippen molar-refractivity contribution in [3.63, 3.8) is 0 Å². The summed E-state index contributed by atoms with van der Waals surface area (Å²) in [6, 6.07) is 53.8. The van der Waals surface area contributed by atoms with Gasteiger partial charge in [-0.2, -0.15) is 0 Å². The van der Waals surface area contributed by atoms with Crippen LogP contribution in [0.25, 0.3) is 94.1 Å². The first-order valence-corrected chi connectivity index (χ1v) is 17.5. The molecule has 10 aromatic rings. The summed E-state index contributed by atoms with van der Waals surface area (Å²) in [5, 5.41) is 5.91. The summed E-state index contributed by atoms with van der Waals surface area (Å²) in [7, 11) is 0. The summed E-state index contributed by atoms with van der Waals surface area (Å²) < 4.78 is 8.77. The van der Waals surface area contributed by atoms with Gasteiger partial charge in [0.1, 0.15) is 11.2 Å². The molecule has 0 bridgehead atoms. The molecule has 7 aromatic carbocycles. The van der Waals surface area contributed by atoms with Crippen molar-refractivity contribution in [3.8, 4) is 39.5 Å². The Balaban J connectivity index is 1.11. The molecule has 0 atom stereocenters. The van der Waals surface area contributed by atoms with E-state index in [9.17, 15) is 0 Å². The number of nitrogens with zero attached hydrogens (tertiary/aromatic N) is 3. The van der Waals surface area contributed by atoms with Crippen molar-refractivity contribution in [2.24, 2.45) is 0 Å². The number of para-hydroxylation sites is 3. The molecular formula is C47H31N3O. The maximum absolute atomic E-state index is 6.37. The molecule has 0 radical (unpaired) electrons. The van der Waals surface area contributed by atoms with Crippen LogP contribution in [0.2, 0.25) is 0 Å². The third kappa shape index (κ3) is 3.96. The van der Waals surface area contributed by atoms with Crippen LogP contribution >= 0.6 is 0 Å². The van der Waals surface area contributed by atoms with E-state index in [2.05, 4.69) is 146 Å². The molecule has 0 N–H and O–H groups in total. The van der Waals surface area contributed by atoms with Crippen LogP contribution in [0.5, 0.6) is 0 Å². The summed E-state index contributed by atoms with van der Waals surface area (Å²) in [4.78, 5) is 10.1. The van der Waals surface area contributed by atoms with Gasteiger partial charge < -0.3 is 8.98 Å². The molecule has 0 saturated carbocycles. The Kier molecular flexibility index (Phi) is 5.70. The zero-order valence-corrected chi connectivity index (χ0v) is 28.2. The Bertz CT molecular complexity index is 3040. The van der Waals surface area contributed by atoms with Crippen LogP contribution in [0.15, 0.2) is 156 Å². The minimum absolute atomic E-state index is 0.171. The van der Waals surface area contributed by atoms with Crippen molar-refractivity contribution in [1.29, 1.82) is 0 Å². The van der Waals surface area contributed by atoms with Gasteiger partial charge in [-0.1, -0.05) is 105 Å². The van der Waals surface area contributed by atoms with E-state index in [-0.39, 0.29) is 5.41 Å². The fourth-order valence-electron chi connectivity index (χ4n) is 8.56. The van der Waals surface area contributed by atoms with Gasteiger partial charge >= 0.3 is 0 Å². The maximum atomic E-state index is 6.37. The molecular weight excluding hydrogens is 623 g/mol. The third-order valence-corrected chi connectivity index (χ3v) is 11.0. The molecule has 0 aliphatic heterocycles. The van der Waals surface area contributed by atoms with E-state index in [1.807, 2.05) is 24.3 Å². The Morgan fingerprint density at radius 1 is 0.529 bits per heavy atom. The van der Waals surface area contributed by atoms with E-state index in [1.54, 1.807) is 0 Å². The monoisotopic (exact) mass is 653 g/mol. The van der Waals surface area contributed by atoms with Gasteiger partial charge in [0.2, 0.25) is 0 Å². The van der Waals surface area contributed by atoms with Crippen LogP contribution in [-0.4, -0.2) is 14.5 Å². The molecule has 3 aromatic heterocycles. The molecule has 0 spiro atoms. The first kappa shape index (κ1) is 28.3. The van der Waals surface area contributed by atoms with E-state index < -0.39 is 0 Å². The number of benzene rings is 7. The first-order valence-electron chi connectivity index (χ1n) is 17.5. The molecule has 51 heavy (non-hydrogen) atoms. The van der Waals surface area contributed by atoms with Crippen molar-refractivity contribution in [1.82, 2.24) is 14.5 Å². The van der Waals surface area contributed by atoms with E-state index in [4.69, 9.17) is 14.4 Å². The van der Waals surface area contributed by atoms with Crippen LogP contribution in [0.4, 0.5) is 0 Å². The topological polar surface area (TPSA) is 43.9 Å². The summed E-state index contributed by atoms with van der Waals surface area (Å²) in [6.07, 6.45) is 0. The number of rotatable bonds is 3. The Hall–Kier alpha value is -6.52. The smallest absolute Gasteiger partial charge is 0.160 e. The standard InChI is InChI=1S/C47H31N3O/c1-47(2)36-24-25-40-44(43(36)35-26-34-31-14-8-11-19-41(31)51-42(34)27-37(35)47)33-16-7-10-18-39(33)50(40)30-22-20-29(21-23-30)46-48-38-17-9-6-15-32(38)45(49-46)28-12-4-3-5-13-28/h3-27H,1-2H3. The average molecular weight is 654 g/mol. The molecule has 0 unspecified atom stereocenters. The van der Waals surface area contributed by atoms with Gasteiger partial charge in [0.15, 0.2) is 5.82 Å². The van der Waals surface area contributed by atoms with Gasteiger partial charge in [-0.15, -0.1) is 0 Å². The van der Waals surface area contributed by atoms with Crippen molar-refractivity contribution >= 4 is 54.6 Å². The normalized spacial score (nSPS) is 13.5. The number of aromatic nitrogens is 3. The van der Waals surface area contributed by atoms with Gasteiger partial charge in [0.05, 0.1) is 22.2 Å². The summed E-state index contributed by atoms with van der Waals surface area (Å²) in [6.45, 7) is 4.68. The minimum Gasteiger partial charge on any atom is -0.456 e. The second kappa shape index (κ2) is 10.3. The average Bonchev–Trinajstić information content (AvgIpc) is 3.79. The highest BCUT2D eigenvalue weighted by Crippen LogP contribution is 2.54. The van der Waals surface area contributed by atoms with E-state index >= 15 is 0 Å². The summed E-state index contributed by atoms with van der Waals surface area (Å²) in [5.41, 5.74) is 14.4. The zero-order chi connectivity index (χ0) is 33.8. The largest absolute Gasteiger partial charge is 0.456 e. The van der Waals surface area contributed by atoms with Crippen molar-refractivity contribution < 1.29 is 4.42 Å². The number of furan rings is 1. The highest BCUT2D eigenvalue weighted by atomic mass is 16.3. The SMILES string of the molecule is CC1(C)c2cc3oc4ccccc4c3cc2-c2c1ccc1c2c2ccccc2n1-c1ccc(-c2nc(-c3ccccc3)c3ccccc3n2)cc1.